The van der Waals surface area contributed by atoms with Crippen LogP contribution in [0.2, 0.25) is 0 Å². The van der Waals surface area contributed by atoms with E-state index in [-0.39, 0.29) is 25.4 Å². The third kappa shape index (κ3) is 2.97. The Bertz CT molecular complexity index is 840. The number of anilines is 1. The minimum atomic E-state index is -0.351. The van der Waals surface area contributed by atoms with E-state index in [0.29, 0.717) is 13.1 Å². The fourth-order valence-electron chi connectivity index (χ4n) is 3.27. The van der Waals surface area contributed by atoms with Crippen molar-refractivity contribution in [2.75, 3.05) is 31.2 Å². The highest BCUT2D eigenvalue weighted by Crippen LogP contribution is 2.30. The molecule has 25 heavy (non-hydrogen) atoms. The van der Waals surface area contributed by atoms with E-state index in [1.807, 2.05) is 40.9 Å². The lowest BCUT2D eigenvalue weighted by Crippen LogP contribution is -2.50. The lowest BCUT2D eigenvalue weighted by molar-refractivity contribution is -0.0700. The van der Waals surface area contributed by atoms with Crippen LogP contribution in [0.3, 0.4) is 0 Å². The molecule has 0 saturated carbocycles. The second-order valence-corrected chi connectivity index (χ2v) is 6.12. The number of imidazole rings is 1. The number of nitrogens with zero attached hydrogens (tertiary/aromatic N) is 4. The monoisotopic (exact) mass is 340 g/mol. The van der Waals surface area contributed by atoms with Gasteiger partial charge in [0.05, 0.1) is 31.1 Å². The van der Waals surface area contributed by atoms with Crippen LogP contribution in [0, 0.1) is 0 Å². The summed E-state index contributed by atoms with van der Waals surface area (Å²) in [7, 11) is 0. The highest BCUT2D eigenvalue weighted by molar-refractivity contribution is 5.86. The summed E-state index contributed by atoms with van der Waals surface area (Å²) in [6.07, 6.45) is 4.67. The predicted molar refractivity (Wildman–Crippen MR) is 93.5 cm³/mol. The summed E-state index contributed by atoms with van der Waals surface area (Å²) in [5, 5.41) is 19.0. The molecule has 1 aromatic carbocycles. The van der Waals surface area contributed by atoms with Gasteiger partial charge in [-0.3, -0.25) is 0 Å². The van der Waals surface area contributed by atoms with Gasteiger partial charge in [0.25, 0.3) is 0 Å². The van der Waals surface area contributed by atoms with Gasteiger partial charge in [-0.25, -0.2) is 9.97 Å². The van der Waals surface area contributed by atoms with Crippen molar-refractivity contribution in [1.82, 2.24) is 14.4 Å². The van der Waals surface area contributed by atoms with Crippen LogP contribution in [-0.2, 0) is 4.74 Å². The summed E-state index contributed by atoms with van der Waals surface area (Å²) in [5.74, 6) is 0.777. The Hall–Kier alpha value is -2.48. The molecule has 1 saturated heterocycles. The summed E-state index contributed by atoms with van der Waals surface area (Å²) < 4.78 is 7.60. The van der Waals surface area contributed by atoms with Gasteiger partial charge in [0.2, 0.25) is 0 Å². The Morgan fingerprint density at radius 3 is 2.44 bits per heavy atom. The van der Waals surface area contributed by atoms with Crippen LogP contribution in [0.15, 0.2) is 49.1 Å². The number of aliphatic hydroxyl groups excluding tert-OH is 2. The average Bonchev–Trinajstić information content (AvgIpc) is 3.12. The molecule has 7 nitrogen and oxygen atoms in total. The van der Waals surface area contributed by atoms with Crippen molar-refractivity contribution in [3.05, 3.63) is 49.1 Å². The maximum Gasteiger partial charge on any atom is 0.155 e. The van der Waals surface area contributed by atoms with E-state index in [1.54, 1.807) is 12.5 Å². The number of ether oxygens (including phenoxy) is 1. The Morgan fingerprint density at radius 1 is 1.04 bits per heavy atom. The molecule has 0 amide bonds. The van der Waals surface area contributed by atoms with Crippen LogP contribution in [0.5, 0.6) is 0 Å². The van der Waals surface area contributed by atoms with Gasteiger partial charge in [0.15, 0.2) is 5.82 Å². The molecule has 1 aliphatic heterocycles. The molecule has 7 heteroatoms. The van der Waals surface area contributed by atoms with Crippen LogP contribution in [-0.4, -0.2) is 63.1 Å². The van der Waals surface area contributed by atoms with Gasteiger partial charge in [0, 0.05) is 31.0 Å². The summed E-state index contributed by atoms with van der Waals surface area (Å²) >= 11 is 0. The fraction of sp³-hybridized carbons (Fsp3) is 0.333. The number of hydrogen-bond acceptors (Lipinski definition) is 6. The molecule has 0 aliphatic carbocycles. The number of morpholine rings is 1. The average molecular weight is 340 g/mol. The summed E-state index contributed by atoms with van der Waals surface area (Å²) in [4.78, 5) is 11.2. The quantitative estimate of drug-likeness (QED) is 0.736. The van der Waals surface area contributed by atoms with E-state index < -0.39 is 0 Å². The molecule has 0 spiro atoms. The molecule has 0 bridgehead atoms. The summed E-state index contributed by atoms with van der Waals surface area (Å²) in [6, 6.07) is 9.97. The van der Waals surface area contributed by atoms with Crippen molar-refractivity contribution in [3.63, 3.8) is 0 Å². The number of aromatic nitrogens is 3. The molecule has 2 atom stereocenters. The van der Waals surface area contributed by atoms with Gasteiger partial charge in [-0.1, -0.05) is 30.3 Å². The van der Waals surface area contributed by atoms with Crippen LogP contribution < -0.4 is 4.90 Å². The van der Waals surface area contributed by atoms with Gasteiger partial charge in [-0.05, 0) is 0 Å². The maximum absolute atomic E-state index is 9.50. The van der Waals surface area contributed by atoms with E-state index >= 15 is 0 Å². The molecular formula is C18H20N4O3. The predicted octanol–water partition coefficient (Wildman–Crippen LogP) is 0.955. The molecule has 3 heterocycles. The SMILES string of the molecule is OC[C@@H]1CN(c2nccn3cnc(-c4ccccc4)c23)C[C@H](CO)O1. The second kappa shape index (κ2) is 6.79. The molecule has 0 radical (unpaired) electrons. The van der Waals surface area contributed by atoms with E-state index in [4.69, 9.17) is 4.74 Å². The van der Waals surface area contributed by atoms with Crippen molar-refractivity contribution in [2.45, 2.75) is 12.2 Å². The summed E-state index contributed by atoms with van der Waals surface area (Å²) in [5.41, 5.74) is 2.78. The van der Waals surface area contributed by atoms with Crippen LogP contribution >= 0.6 is 0 Å². The molecule has 0 unspecified atom stereocenters. The molecule has 4 rings (SSSR count). The van der Waals surface area contributed by atoms with Gasteiger partial charge >= 0.3 is 0 Å². The van der Waals surface area contributed by atoms with Crippen LogP contribution in [0.4, 0.5) is 5.82 Å². The topological polar surface area (TPSA) is 83.1 Å². The van der Waals surface area contributed by atoms with Gasteiger partial charge in [-0.15, -0.1) is 0 Å². The lowest BCUT2D eigenvalue weighted by Gasteiger charge is -2.37. The third-order valence-corrected chi connectivity index (χ3v) is 4.42. The molecule has 130 valence electrons. The molecule has 2 N–H and O–H groups in total. The Morgan fingerprint density at radius 2 is 1.76 bits per heavy atom. The Balaban J connectivity index is 1.80. The fourth-order valence-corrected chi connectivity index (χ4v) is 3.27. The van der Waals surface area contributed by atoms with E-state index in [0.717, 1.165) is 22.6 Å². The smallest absolute Gasteiger partial charge is 0.155 e. The van der Waals surface area contributed by atoms with Gasteiger partial charge in [0.1, 0.15) is 11.8 Å². The minimum absolute atomic E-state index is 0.0963. The van der Waals surface area contributed by atoms with E-state index in [2.05, 4.69) is 14.9 Å². The molecule has 1 fully saturated rings. The third-order valence-electron chi connectivity index (χ3n) is 4.42. The van der Waals surface area contributed by atoms with Crippen molar-refractivity contribution in [1.29, 1.82) is 0 Å². The second-order valence-electron chi connectivity index (χ2n) is 6.12. The lowest BCUT2D eigenvalue weighted by atomic mass is 10.1. The normalized spacial score (nSPS) is 21.0. The van der Waals surface area contributed by atoms with Crippen molar-refractivity contribution >= 4 is 11.3 Å². The zero-order valence-electron chi connectivity index (χ0n) is 13.7. The number of aliphatic hydroxyl groups is 2. The Labute approximate surface area is 145 Å². The van der Waals surface area contributed by atoms with Crippen molar-refractivity contribution in [3.8, 4) is 11.3 Å². The molecule has 3 aromatic rings. The first-order chi connectivity index (χ1) is 12.3. The number of hydrogen-bond donors (Lipinski definition) is 2. The van der Waals surface area contributed by atoms with Gasteiger partial charge < -0.3 is 24.3 Å². The Kier molecular flexibility index (Phi) is 4.35. The zero-order chi connectivity index (χ0) is 17.2. The van der Waals surface area contributed by atoms with Crippen LogP contribution in [0.25, 0.3) is 16.8 Å². The standard InChI is InChI=1S/C18H20N4O3/c23-10-14-8-22(9-15(11-24)25-14)18-17-16(13-4-2-1-3-5-13)20-12-21(17)7-6-19-18/h1-7,12,14-15,23-24H,8-11H2/t14-,15+. The highest BCUT2D eigenvalue weighted by Gasteiger charge is 2.29. The first kappa shape index (κ1) is 16.0. The molecule has 2 aromatic heterocycles. The molecule has 1 aliphatic rings. The molecular weight excluding hydrogens is 320 g/mol. The highest BCUT2D eigenvalue weighted by atomic mass is 16.5. The largest absolute Gasteiger partial charge is 0.394 e. The van der Waals surface area contributed by atoms with Crippen molar-refractivity contribution in [2.24, 2.45) is 0 Å². The minimum Gasteiger partial charge on any atom is -0.394 e. The zero-order valence-corrected chi connectivity index (χ0v) is 13.7. The van der Waals surface area contributed by atoms with E-state index in [9.17, 15) is 10.2 Å². The maximum atomic E-state index is 9.50. The first-order valence-corrected chi connectivity index (χ1v) is 8.29. The number of fused-ring (bicyclic) bond motifs is 1. The summed E-state index contributed by atoms with van der Waals surface area (Å²) in [6.45, 7) is 0.833. The van der Waals surface area contributed by atoms with Crippen molar-refractivity contribution < 1.29 is 14.9 Å². The number of benzene rings is 1. The number of rotatable bonds is 4. The van der Waals surface area contributed by atoms with Gasteiger partial charge in [-0.2, -0.15) is 0 Å². The first-order valence-electron chi connectivity index (χ1n) is 8.29. The van der Waals surface area contributed by atoms with Crippen LogP contribution in [0.1, 0.15) is 0 Å². The van der Waals surface area contributed by atoms with E-state index in [1.165, 1.54) is 0 Å².